The van der Waals surface area contributed by atoms with E-state index < -0.39 is 4.92 Å². The van der Waals surface area contributed by atoms with Crippen molar-refractivity contribution in [2.24, 2.45) is 0 Å². The average molecular weight is 272 g/mol. The number of rotatable bonds is 7. The van der Waals surface area contributed by atoms with Crippen LogP contribution in [0.25, 0.3) is 0 Å². The maximum atomic E-state index is 10.7. The van der Waals surface area contributed by atoms with Crippen LogP contribution in [0.1, 0.15) is 18.9 Å². The van der Waals surface area contributed by atoms with Gasteiger partial charge in [-0.1, -0.05) is 18.5 Å². The molecule has 0 saturated heterocycles. The summed E-state index contributed by atoms with van der Waals surface area (Å²) in [5.74, 6) is 0. The Bertz CT molecular complexity index is 424. The van der Waals surface area contributed by atoms with Gasteiger partial charge in [-0.05, 0) is 31.5 Å². The van der Waals surface area contributed by atoms with Crippen molar-refractivity contribution in [3.8, 4) is 0 Å². The summed E-state index contributed by atoms with van der Waals surface area (Å²) < 4.78 is 0. The first-order valence-electron chi connectivity index (χ1n) is 5.95. The molecule has 0 radical (unpaired) electrons. The van der Waals surface area contributed by atoms with E-state index in [9.17, 15) is 10.1 Å². The Balaban J connectivity index is 2.62. The van der Waals surface area contributed by atoms with Crippen LogP contribution in [0, 0.1) is 17.0 Å². The van der Waals surface area contributed by atoms with Crippen LogP contribution in [0.15, 0.2) is 12.1 Å². The summed E-state index contributed by atoms with van der Waals surface area (Å²) >= 11 is 5.86. The molecule has 0 spiro atoms. The van der Waals surface area contributed by atoms with Crippen molar-refractivity contribution >= 4 is 23.0 Å². The number of nitro benzene ring substituents is 1. The maximum absolute atomic E-state index is 10.7. The lowest BCUT2D eigenvalue weighted by atomic mass is 10.2. The van der Waals surface area contributed by atoms with E-state index in [1.54, 1.807) is 6.07 Å². The highest BCUT2D eigenvalue weighted by molar-refractivity contribution is 6.33. The zero-order chi connectivity index (χ0) is 13.5. The molecule has 1 aromatic carbocycles. The van der Waals surface area contributed by atoms with Crippen LogP contribution in [0.5, 0.6) is 0 Å². The maximum Gasteiger partial charge on any atom is 0.288 e. The first-order valence-corrected chi connectivity index (χ1v) is 6.33. The number of hydrogen-bond donors (Lipinski definition) is 2. The summed E-state index contributed by atoms with van der Waals surface area (Å²) in [6, 6.07) is 3.10. The van der Waals surface area contributed by atoms with Gasteiger partial charge in [0.25, 0.3) is 5.69 Å². The van der Waals surface area contributed by atoms with Crippen molar-refractivity contribution in [3.63, 3.8) is 0 Å². The Kier molecular flexibility index (Phi) is 5.88. The van der Waals surface area contributed by atoms with Gasteiger partial charge in [0, 0.05) is 24.8 Å². The zero-order valence-corrected chi connectivity index (χ0v) is 11.4. The number of hydrogen-bond acceptors (Lipinski definition) is 4. The summed E-state index contributed by atoms with van der Waals surface area (Å²) in [5.41, 5.74) is 1.61. The molecule has 1 rings (SSSR count). The third kappa shape index (κ3) is 4.16. The number of nitrogens with one attached hydrogen (secondary N) is 2. The number of nitro groups is 1. The van der Waals surface area contributed by atoms with Gasteiger partial charge in [-0.25, -0.2) is 0 Å². The number of anilines is 1. The molecule has 0 atom stereocenters. The second-order valence-electron chi connectivity index (χ2n) is 4.05. The summed E-state index contributed by atoms with van der Waals surface area (Å²) in [5, 5.41) is 17.3. The van der Waals surface area contributed by atoms with Gasteiger partial charge in [0.05, 0.1) is 4.92 Å². The Morgan fingerprint density at radius 1 is 1.33 bits per heavy atom. The lowest BCUT2D eigenvalue weighted by molar-refractivity contribution is -0.384. The highest BCUT2D eigenvalue weighted by atomic mass is 35.5. The van der Waals surface area contributed by atoms with E-state index in [1.807, 2.05) is 6.92 Å². The van der Waals surface area contributed by atoms with Gasteiger partial charge in [-0.2, -0.15) is 0 Å². The topological polar surface area (TPSA) is 67.2 Å². The average Bonchev–Trinajstić information content (AvgIpc) is 2.32. The largest absolute Gasteiger partial charge is 0.384 e. The third-order valence-electron chi connectivity index (χ3n) is 2.53. The fraction of sp³-hybridized carbons (Fsp3) is 0.500. The van der Waals surface area contributed by atoms with Crippen molar-refractivity contribution in [1.82, 2.24) is 5.32 Å². The van der Waals surface area contributed by atoms with Crippen molar-refractivity contribution < 1.29 is 4.92 Å². The van der Waals surface area contributed by atoms with Gasteiger partial charge in [-0.15, -0.1) is 0 Å². The quantitative estimate of drug-likeness (QED) is 0.454. The zero-order valence-electron chi connectivity index (χ0n) is 10.6. The molecule has 0 aliphatic carbocycles. The Labute approximate surface area is 112 Å². The fourth-order valence-electron chi connectivity index (χ4n) is 1.58. The van der Waals surface area contributed by atoms with E-state index in [1.165, 1.54) is 6.07 Å². The van der Waals surface area contributed by atoms with E-state index in [4.69, 9.17) is 11.6 Å². The van der Waals surface area contributed by atoms with E-state index in [-0.39, 0.29) is 10.7 Å². The highest BCUT2D eigenvalue weighted by Crippen LogP contribution is 2.30. The van der Waals surface area contributed by atoms with Crippen molar-refractivity contribution in [1.29, 1.82) is 0 Å². The lowest BCUT2D eigenvalue weighted by Gasteiger charge is -2.10. The first-order chi connectivity index (χ1) is 8.56. The third-order valence-corrected chi connectivity index (χ3v) is 2.84. The predicted octanol–water partition coefficient (Wildman–Crippen LogP) is 2.97. The molecule has 100 valence electrons. The number of nitrogens with zero attached hydrogens (tertiary/aromatic N) is 1. The Hall–Kier alpha value is -1.33. The minimum absolute atomic E-state index is 0.0520. The van der Waals surface area contributed by atoms with E-state index >= 15 is 0 Å². The first kappa shape index (κ1) is 14.7. The van der Waals surface area contributed by atoms with Gasteiger partial charge in [-0.3, -0.25) is 10.1 Å². The normalized spacial score (nSPS) is 10.4. The molecule has 0 aliphatic rings. The van der Waals surface area contributed by atoms with Gasteiger partial charge in [0.2, 0.25) is 0 Å². The van der Waals surface area contributed by atoms with E-state index in [0.29, 0.717) is 0 Å². The van der Waals surface area contributed by atoms with E-state index in [0.717, 1.165) is 37.3 Å². The molecule has 0 saturated carbocycles. The molecule has 6 heteroatoms. The molecule has 2 N–H and O–H groups in total. The molecule has 1 aromatic rings. The van der Waals surface area contributed by atoms with Crippen LogP contribution in [0.4, 0.5) is 11.4 Å². The number of benzene rings is 1. The smallest absolute Gasteiger partial charge is 0.288 e. The molecule has 0 unspecified atom stereocenters. The summed E-state index contributed by atoms with van der Waals surface area (Å²) in [7, 11) is 0. The number of aryl methyl sites for hydroxylation is 1. The van der Waals surface area contributed by atoms with Crippen LogP contribution in [0.2, 0.25) is 5.02 Å². The monoisotopic (exact) mass is 271 g/mol. The van der Waals surface area contributed by atoms with Gasteiger partial charge >= 0.3 is 0 Å². The molecule has 0 aliphatic heterocycles. The van der Waals surface area contributed by atoms with Crippen molar-refractivity contribution in [2.75, 3.05) is 25.0 Å². The Morgan fingerprint density at radius 3 is 2.67 bits per heavy atom. The van der Waals surface area contributed by atoms with Gasteiger partial charge < -0.3 is 10.6 Å². The minimum Gasteiger partial charge on any atom is -0.384 e. The molecular weight excluding hydrogens is 254 g/mol. The molecule has 0 aromatic heterocycles. The molecule has 0 amide bonds. The van der Waals surface area contributed by atoms with Crippen LogP contribution < -0.4 is 10.6 Å². The molecular formula is C12H18ClN3O2. The molecule has 18 heavy (non-hydrogen) atoms. The van der Waals surface area contributed by atoms with Gasteiger partial charge in [0.15, 0.2) is 0 Å². The van der Waals surface area contributed by atoms with Crippen molar-refractivity contribution in [2.45, 2.75) is 20.3 Å². The van der Waals surface area contributed by atoms with Crippen LogP contribution in [0.3, 0.4) is 0 Å². The second-order valence-corrected chi connectivity index (χ2v) is 4.46. The molecule has 0 heterocycles. The molecule has 0 bridgehead atoms. The molecule has 0 fully saturated rings. The number of halogens is 1. The summed E-state index contributed by atoms with van der Waals surface area (Å²) in [4.78, 5) is 10.2. The van der Waals surface area contributed by atoms with Crippen molar-refractivity contribution in [3.05, 3.63) is 32.8 Å². The SMILES string of the molecule is CCCNCCNc1cc(Cl)c([N+](=O)[O-])cc1C. The molecule has 5 nitrogen and oxygen atoms in total. The summed E-state index contributed by atoms with van der Waals surface area (Å²) in [6.07, 6.45) is 1.10. The van der Waals surface area contributed by atoms with Crippen LogP contribution in [-0.2, 0) is 0 Å². The van der Waals surface area contributed by atoms with E-state index in [2.05, 4.69) is 17.6 Å². The standard InChI is InChI=1S/C12H18ClN3O2/c1-3-4-14-5-6-15-11-8-10(13)12(16(17)18)7-9(11)2/h7-8,14-15H,3-6H2,1-2H3. The second kappa shape index (κ2) is 7.18. The minimum atomic E-state index is -0.470. The summed E-state index contributed by atoms with van der Waals surface area (Å²) in [6.45, 7) is 6.53. The lowest BCUT2D eigenvalue weighted by Crippen LogP contribution is -2.22. The van der Waals surface area contributed by atoms with Crippen LogP contribution >= 0.6 is 11.6 Å². The van der Waals surface area contributed by atoms with Crippen LogP contribution in [-0.4, -0.2) is 24.6 Å². The predicted molar refractivity (Wildman–Crippen MR) is 74.5 cm³/mol. The highest BCUT2D eigenvalue weighted by Gasteiger charge is 2.14. The fourth-order valence-corrected chi connectivity index (χ4v) is 1.82. The Morgan fingerprint density at radius 2 is 2.06 bits per heavy atom. The van der Waals surface area contributed by atoms with Gasteiger partial charge in [0.1, 0.15) is 5.02 Å².